The van der Waals surface area contributed by atoms with E-state index in [-0.39, 0.29) is 5.97 Å². The predicted molar refractivity (Wildman–Crippen MR) is 78.2 cm³/mol. The van der Waals surface area contributed by atoms with Crippen LogP contribution in [0.3, 0.4) is 0 Å². The highest BCUT2D eigenvalue weighted by Crippen LogP contribution is 2.15. The van der Waals surface area contributed by atoms with Crippen LogP contribution in [-0.2, 0) is 11.3 Å². The Morgan fingerprint density at radius 3 is 2.47 bits per heavy atom. The first-order chi connectivity index (χ1) is 9.13. The molecule has 3 nitrogen and oxygen atoms in total. The van der Waals surface area contributed by atoms with Crippen molar-refractivity contribution >= 4 is 5.97 Å². The molecule has 1 aromatic carbocycles. The molecule has 1 N–H and O–H groups in total. The van der Waals surface area contributed by atoms with Crippen LogP contribution >= 0.6 is 0 Å². The van der Waals surface area contributed by atoms with Gasteiger partial charge in [-0.25, -0.2) is 4.79 Å². The zero-order valence-electron chi connectivity index (χ0n) is 12.4. The molecule has 0 spiro atoms. The lowest BCUT2D eigenvalue weighted by Crippen LogP contribution is -2.33. The molecular formula is C16H25NO2. The average Bonchev–Trinajstić information content (AvgIpc) is 2.45. The van der Waals surface area contributed by atoms with E-state index in [9.17, 15) is 4.79 Å². The fourth-order valence-electron chi connectivity index (χ4n) is 2.42. The van der Waals surface area contributed by atoms with Crippen molar-refractivity contribution in [2.75, 3.05) is 7.11 Å². The minimum Gasteiger partial charge on any atom is -0.465 e. The number of hydrogen-bond donors (Lipinski definition) is 1. The molecule has 3 heteroatoms. The third-order valence-electron chi connectivity index (χ3n) is 3.79. The summed E-state index contributed by atoms with van der Waals surface area (Å²) in [5.74, 6) is 0.401. The summed E-state index contributed by atoms with van der Waals surface area (Å²) in [5, 5.41) is 3.51. The van der Waals surface area contributed by atoms with Crippen LogP contribution in [0.15, 0.2) is 24.3 Å². The maximum Gasteiger partial charge on any atom is 0.338 e. The Hall–Kier alpha value is -1.35. The summed E-state index contributed by atoms with van der Waals surface area (Å²) in [4.78, 5) is 11.7. The van der Waals surface area contributed by atoms with Crippen LogP contribution in [0.1, 0.15) is 49.5 Å². The average molecular weight is 263 g/mol. The van der Waals surface area contributed by atoms with Gasteiger partial charge in [-0.2, -0.15) is 0 Å². The monoisotopic (exact) mass is 263 g/mol. The largest absolute Gasteiger partial charge is 0.465 e. The van der Waals surface area contributed by atoms with E-state index in [4.69, 9.17) is 4.74 Å². The number of benzene rings is 1. The van der Waals surface area contributed by atoms with Gasteiger partial charge < -0.3 is 10.1 Å². The minimum absolute atomic E-state index is 0.271. The fourth-order valence-corrected chi connectivity index (χ4v) is 2.42. The zero-order chi connectivity index (χ0) is 14.3. The first-order valence-corrected chi connectivity index (χ1v) is 7.03. The number of hydrogen-bond acceptors (Lipinski definition) is 3. The van der Waals surface area contributed by atoms with Crippen molar-refractivity contribution in [1.82, 2.24) is 5.32 Å². The van der Waals surface area contributed by atoms with Crippen molar-refractivity contribution < 1.29 is 9.53 Å². The van der Waals surface area contributed by atoms with E-state index in [1.807, 2.05) is 24.3 Å². The van der Waals surface area contributed by atoms with E-state index >= 15 is 0 Å². The molecule has 1 rings (SSSR count). The molecule has 19 heavy (non-hydrogen) atoms. The number of rotatable bonds is 7. The predicted octanol–water partition coefficient (Wildman–Crippen LogP) is 3.39. The van der Waals surface area contributed by atoms with Gasteiger partial charge in [0.25, 0.3) is 0 Å². The highest BCUT2D eigenvalue weighted by atomic mass is 16.5. The number of nitrogens with one attached hydrogen (secondary N) is 1. The molecule has 0 bridgehead atoms. The fraction of sp³-hybridized carbons (Fsp3) is 0.562. The zero-order valence-corrected chi connectivity index (χ0v) is 12.4. The van der Waals surface area contributed by atoms with Crippen LogP contribution in [0, 0.1) is 5.92 Å². The third-order valence-corrected chi connectivity index (χ3v) is 3.79. The molecule has 1 unspecified atom stereocenters. The van der Waals surface area contributed by atoms with Gasteiger partial charge in [0.2, 0.25) is 0 Å². The van der Waals surface area contributed by atoms with Crippen molar-refractivity contribution in [2.45, 2.75) is 46.2 Å². The van der Waals surface area contributed by atoms with Gasteiger partial charge in [-0.1, -0.05) is 44.9 Å². The van der Waals surface area contributed by atoms with Crippen LogP contribution in [0.2, 0.25) is 0 Å². The second kappa shape index (κ2) is 7.95. The summed E-state index contributed by atoms with van der Waals surface area (Å²) in [6.45, 7) is 7.34. The van der Waals surface area contributed by atoms with Crippen LogP contribution in [0.4, 0.5) is 0 Å². The maximum atomic E-state index is 11.7. The van der Waals surface area contributed by atoms with E-state index in [0.717, 1.165) is 5.56 Å². The molecule has 106 valence electrons. The molecule has 0 radical (unpaired) electrons. The van der Waals surface area contributed by atoms with Crippen molar-refractivity contribution in [3.63, 3.8) is 0 Å². The number of carbonyl (C=O) groups excluding carboxylic acids is 1. The molecule has 0 aliphatic carbocycles. The Balaban J connectivity index is 2.70. The lowest BCUT2D eigenvalue weighted by atomic mass is 9.95. The highest BCUT2D eigenvalue weighted by Gasteiger charge is 2.15. The van der Waals surface area contributed by atoms with Gasteiger partial charge in [-0.15, -0.1) is 0 Å². The van der Waals surface area contributed by atoms with Gasteiger partial charge in [0.15, 0.2) is 0 Å². The summed E-state index contributed by atoms with van der Waals surface area (Å²) in [6, 6.07) is 8.04. The molecule has 0 amide bonds. The Bertz CT molecular complexity index is 399. The minimum atomic E-state index is -0.271. The number of carbonyl (C=O) groups is 1. The van der Waals surface area contributed by atoms with Crippen LogP contribution < -0.4 is 5.32 Å². The highest BCUT2D eigenvalue weighted by molar-refractivity contribution is 5.90. The molecule has 1 atom stereocenters. The lowest BCUT2D eigenvalue weighted by Gasteiger charge is -2.23. The van der Waals surface area contributed by atoms with E-state index in [1.54, 1.807) is 0 Å². The Kier molecular flexibility index (Phi) is 6.57. The molecule has 0 aliphatic rings. The second-order valence-electron chi connectivity index (χ2n) is 4.89. The first-order valence-electron chi connectivity index (χ1n) is 7.03. The summed E-state index contributed by atoms with van der Waals surface area (Å²) >= 11 is 0. The molecule has 0 fully saturated rings. The van der Waals surface area contributed by atoms with Crippen molar-refractivity contribution in [2.24, 2.45) is 5.92 Å². The molecule has 0 aromatic heterocycles. The summed E-state index contributed by atoms with van der Waals surface area (Å²) in [6.07, 6.45) is 2.34. The number of methoxy groups -OCH3 is 1. The number of esters is 1. The van der Waals surface area contributed by atoms with Crippen LogP contribution in [0.25, 0.3) is 0 Å². The van der Waals surface area contributed by atoms with Crippen molar-refractivity contribution in [1.29, 1.82) is 0 Å². The van der Waals surface area contributed by atoms with Crippen LogP contribution in [-0.4, -0.2) is 19.1 Å². The topological polar surface area (TPSA) is 38.3 Å². The van der Waals surface area contributed by atoms with Gasteiger partial charge in [0.05, 0.1) is 12.7 Å². The van der Waals surface area contributed by atoms with Crippen LogP contribution in [0.5, 0.6) is 0 Å². The normalized spacial score (nSPS) is 12.5. The van der Waals surface area contributed by atoms with Gasteiger partial charge >= 0.3 is 5.97 Å². The molecule has 0 aliphatic heterocycles. The van der Waals surface area contributed by atoms with Crippen molar-refractivity contribution in [3.8, 4) is 0 Å². The molecule has 0 saturated heterocycles. The smallest absolute Gasteiger partial charge is 0.338 e. The van der Waals surface area contributed by atoms with Gasteiger partial charge in [0, 0.05) is 12.6 Å². The Morgan fingerprint density at radius 1 is 1.26 bits per heavy atom. The van der Waals surface area contributed by atoms with Crippen molar-refractivity contribution in [3.05, 3.63) is 35.4 Å². The Labute approximate surface area is 116 Å². The molecule has 0 heterocycles. The first kappa shape index (κ1) is 15.7. The summed E-state index contributed by atoms with van der Waals surface area (Å²) in [7, 11) is 1.42. The van der Waals surface area contributed by atoms with E-state index in [0.29, 0.717) is 24.1 Å². The molecule has 1 aromatic rings. The van der Waals surface area contributed by atoms with E-state index in [1.165, 1.54) is 20.0 Å². The van der Waals surface area contributed by atoms with E-state index < -0.39 is 0 Å². The van der Waals surface area contributed by atoms with Gasteiger partial charge in [-0.05, 0) is 24.5 Å². The second-order valence-corrected chi connectivity index (χ2v) is 4.89. The molecular weight excluding hydrogens is 238 g/mol. The third kappa shape index (κ3) is 4.35. The summed E-state index contributed by atoms with van der Waals surface area (Å²) in [5.41, 5.74) is 1.64. The lowest BCUT2D eigenvalue weighted by molar-refractivity contribution is 0.0599. The summed E-state index contributed by atoms with van der Waals surface area (Å²) < 4.78 is 4.81. The van der Waals surface area contributed by atoms with Gasteiger partial charge in [0.1, 0.15) is 0 Å². The van der Waals surface area contributed by atoms with E-state index in [2.05, 4.69) is 26.1 Å². The Morgan fingerprint density at radius 2 is 1.89 bits per heavy atom. The van der Waals surface area contributed by atoms with Gasteiger partial charge in [-0.3, -0.25) is 0 Å². The SMILES string of the molecule is CCC(CC)C(C)NCc1ccccc1C(=O)OC. The molecule has 0 saturated carbocycles. The number of ether oxygens (including phenoxy) is 1. The quantitative estimate of drug-likeness (QED) is 0.766. The standard InChI is InChI=1S/C16H25NO2/c1-5-13(6-2)12(3)17-11-14-9-7-8-10-15(14)16(18)19-4/h7-10,12-13,17H,5-6,11H2,1-4H3. The maximum absolute atomic E-state index is 11.7.